The van der Waals surface area contributed by atoms with Gasteiger partial charge in [0, 0.05) is 32.0 Å². The molecule has 4 aromatic rings. The van der Waals surface area contributed by atoms with E-state index < -0.39 is 20.5 Å². The van der Waals surface area contributed by atoms with Gasteiger partial charge < -0.3 is 10.5 Å². The number of sulfone groups is 1. The number of nitrogens with two attached hydrogens (primary N) is 1. The van der Waals surface area contributed by atoms with Gasteiger partial charge in [-0.3, -0.25) is 4.79 Å². The molecule has 0 aliphatic heterocycles. The molecule has 3 aromatic carbocycles. The van der Waals surface area contributed by atoms with Crippen LogP contribution in [0.2, 0.25) is 10.0 Å². The molecule has 0 radical (unpaired) electrons. The van der Waals surface area contributed by atoms with Crippen molar-refractivity contribution in [1.29, 1.82) is 0 Å². The Balaban J connectivity index is 1.91. The first-order chi connectivity index (χ1) is 15.9. The van der Waals surface area contributed by atoms with E-state index >= 15 is 0 Å². The largest absolute Gasteiger partial charge is 0.457 e. The molecule has 0 saturated heterocycles. The number of amides is 1. The van der Waals surface area contributed by atoms with Crippen LogP contribution in [0.15, 0.2) is 60.7 Å². The van der Waals surface area contributed by atoms with Gasteiger partial charge in [-0.25, -0.2) is 8.42 Å². The minimum absolute atomic E-state index is 0.351. The zero-order chi connectivity index (χ0) is 24.8. The lowest BCUT2D eigenvalue weighted by Gasteiger charge is -2.23. The van der Waals surface area contributed by atoms with Gasteiger partial charge in [0.2, 0.25) is 0 Å². The number of ether oxygens (including phenoxy) is 1. The second-order valence-electron chi connectivity index (χ2n) is 8.40. The molecule has 5 nitrogen and oxygen atoms in total. The molecule has 0 saturated carbocycles. The highest BCUT2D eigenvalue weighted by Crippen LogP contribution is 2.43. The first kappa shape index (κ1) is 24.5. The molecule has 1 aromatic heterocycles. The van der Waals surface area contributed by atoms with Crippen LogP contribution in [0.5, 0.6) is 11.5 Å². The lowest BCUT2D eigenvalue weighted by Crippen LogP contribution is -2.27. The maximum atomic E-state index is 12.4. The highest BCUT2D eigenvalue weighted by Gasteiger charge is 2.33. The molecule has 0 spiro atoms. The monoisotopic (exact) mass is 533 g/mol. The van der Waals surface area contributed by atoms with Crippen LogP contribution in [0, 0.1) is 0 Å². The number of hydrogen-bond donors (Lipinski definition) is 1. The summed E-state index contributed by atoms with van der Waals surface area (Å²) in [6.07, 6.45) is 1.21. The van der Waals surface area contributed by atoms with Crippen molar-refractivity contribution in [2.45, 2.75) is 18.6 Å². The summed E-state index contributed by atoms with van der Waals surface area (Å²) in [5.41, 5.74) is 7.55. The predicted molar refractivity (Wildman–Crippen MR) is 140 cm³/mol. The molecule has 34 heavy (non-hydrogen) atoms. The molecule has 1 amide bonds. The molecule has 4 rings (SSSR count). The number of fused-ring (bicyclic) bond motifs is 1. The minimum atomic E-state index is -3.40. The second-order valence-corrected chi connectivity index (χ2v) is 12.9. The Bertz CT molecular complexity index is 1520. The SMILES string of the molecule is CC(C)(c1ccc2sc(C(N)=O)c(-c3cc(Cl)cc(Oc4ccc(Cl)cc4)c3)c2c1)S(C)(=O)=O. The summed E-state index contributed by atoms with van der Waals surface area (Å²) in [5.74, 6) is 0.451. The first-order valence-electron chi connectivity index (χ1n) is 10.2. The maximum Gasteiger partial charge on any atom is 0.259 e. The average Bonchev–Trinajstić information content (AvgIpc) is 3.13. The zero-order valence-electron chi connectivity index (χ0n) is 18.6. The summed E-state index contributed by atoms with van der Waals surface area (Å²) in [5, 5.41) is 1.71. The normalized spacial score (nSPS) is 12.1. The van der Waals surface area contributed by atoms with E-state index in [0.717, 1.165) is 4.70 Å². The van der Waals surface area contributed by atoms with Gasteiger partial charge in [0.25, 0.3) is 5.91 Å². The van der Waals surface area contributed by atoms with E-state index in [1.54, 1.807) is 68.4 Å². The van der Waals surface area contributed by atoms with E-state index in [2.05, 4.69) is 0 Å². The molecule has 9 heteroatoms. The Morgan fingerprint density at radius 1 is 0.941 bits per heavy atom. The van der Waals surface area contributed by atoms with Crippen molar-refractivity contribution < 1.29 is 17.9 Å². The molecule has 176 valence electrons. The summed E-state index contributed by atoms with van der Waals surface area (Å²) in [7, 11) is -3.40. The number of benzene rings is 3. The van der Waals surface area contributed by atoms with Gasteiger partial charge in [-0.15, -0.1) is 11.3 Å². The van der Waals surface area contributed by atoms with Gasteiger partial charge in [0.15, 0.2) is 9.84 Å². The molecule has 1 heterocycles. The number of rotatable bonds is 6. The molecule has 0 atom stereocenters. The summed E-state index contributed by atoms with van der Waals surface area (Å²) >= 11 is 13.6. The molecule has 2 N–H and O–H groups in total. The van der Waals surface area contributed by atoms with Gasteiger partial charge in [0.05, 0.1) is 4.75 Å². The zero-order valence-corrected chi connectivity index (χ0v) is 21.7. The van der Waals surface area contributed by atoms with Gasteiger partial charge in [-0.1, -0.05) is 29.3 Å². The number of thiophene rings is 1. The van der Waals surface area contributed by atoms with Crippen LogP contribution in [0.3, 0.4) is 0 Å². The number of carbonyl (C=O) groups excluding carboxylic acids is 1. The van der Waals surface area contributed by atoms with Crippen molar-refractivity contribution in [2.24, 2.45) is 5.73 Å². The van der Waals surface area contributed by atoms with E-state index in [4.69, 9.17) is 33.7 Å². The number of hydrogen-bond acceptors (Lipinski definition) is 5. The highest BCUT2D eigenvalue weighted by atomic mass is 35.5. The molecule has 0 unspecified atom stereocenters. The van der Waals surface area contributed by atoms with Crippen LogP contribution < -0.4 is 10.5 Å². The molecule has 0 fully saturated rings. The van der Waals surface area contributed by atoms with Crippen LogP contribution in [0.1, 0.15) is 29.1 Å². The Kier molecular flexibility index (Phi) is 6.42. The lowest BCUT2D eigenvalue weighted by atomic mass is 9.96. The Morgan fingerprint density at radius 2 is 1.62 bits per heavy atom. The third kappa shape index (κ3) is 4.66. The fraction of sp³-hybridized carbons (Fsp3) is 0.160. The van der Waals surface area contributed by atoms with Crippen molar-refractivity contribution in [3.63, 3.8) is 0 Å². The minimum Gasteiger partial charge on any atom is -0.457 e. The highest BCUT2D eigenvalue weighted by molar-refractivity contribution is 7.91. The second kappa shape index (κ2) is 8.89. The van der Waals surface area contributed by atoms with E-state index in [1.807, 2.05) is 6.07 Å². The van der Waals surface area contributed by atoms with Gasteiger partial charge >= 0.3 is 0 Å². The molecular formula is C25H21Cl2NO4S2. The van der Waals surface area contributed by atoms with Crippen molar-refractivity contribution in [2.75, 3.05) is 6.26 Å². The topological polar surface area (TPSA) is 86.5 Å². The maximum absolute atomic E-state index is 12.4. The fourth-order valence-corrected chi connectivity index (χ4v) is 5.51. The third-order valence-corrected chi connectivity index (χ3v) is 9.49. The lowest BCUT2D eigenvalue weighted by molar-refractivity contribution is 0.100. The summed E-state index contributed by atoms with van der Waals surface area (Å²) in [6.45, 7) is 3.31. The summed E-state index contributed by atoms with van der Waals surface area (Å²) in [4.78, 5) is 12.7. The summed E-state index contributed by atoms with van der Waals surface area (Å²) in [6, 6.07) is 17.4. The van der Waals surface area contributed by atoms with Gasteiger partial charge in [-0.05, 0) is 79.6 Å². The average molecular weight is 534 g/mol. The van der Waals surface area contributed by atoms with Crippen LogP contribution in [0.4, 0.5) is 0 Å². The number of primary amides is 1. The van der Waals surface area contributed by atoms with E-state index in [9.17, 15) is 13.2 Å². The van der Waals surface area contributed by atoms with Crippen molar-refractivity contribution >= 4 is 60.4 Å². The predicted octanol–water partition coefficient (Wildman–Crippen LogP) is 7.05. The van der Waals surface area contributed by atoms with Crippen LogP contribution in [-0.4, -0.2) is 20.6 Å². The number of halogens is 2. The van der Waals surface area contributed by atoms with Crippen molar-refractivity contribution in [1.82, 2.24) is 0 Å². The third-order valence-electron chi connectivity index (χ3n) is 5.74. The van der Waals surface area contributed by atoms with Crippen LogP contribution in [0.25, 0.3) is 21.2 Å². The van der Waals surface area contributed by atoms with Gasteiger partial charge in [0.1, 0.15) is 16.4 Å². The molecule has 0 bridgehead atoms. The standard InChI is InChI=1S/C25H21Cl2NO4S2/c1-25(2,34(3,30)31)15-4-9-21-20(12-15)22(23(33-21)24(28)29)14-10-17(27)13-19(11-14)32-18-7-5-16(26)6-8-18/h4-13H,1-3H3,(H2,28,29). The summed E-state index contributed by atoms with van der Waals surface area (Å²) < 4.78 is 30.5. The Morgan fingerprint density at radius 3 is 2.24 bits per heavy atom. The van der Waals surface area contributed by atoms with Crippen LogP contribution >= 0.6 is 34.5 Å². The number of carbonyl (C=O) groups is 1. The van der Waals surface area contributed by atoms with Crippen molar-refractivity contribution in [3.05, 3.63) is 81.1 Å². The quantitative estimate of drug-likeness (QED) is 0.287. The van der Waals surface area contributed by atoms with Gasteiger partial charge in [-0.2, -0.15) is 0 Å². The van der Waals surface area contributed by atoms with E-state index in [1.165, 1.54) is 17.6 Å². The molecule has 0 aliphatic rings. The van der Waals surface area contributed by atoms with Crippen molar-refractivity contribution in [3.8, 4) is 22.6 Å². The van der Waals surface area contributed by atoms with Crippen LogP contribution in [-0.2, 0) is 14.6 Å². The first-order valence-corrected chi connectivity index (χ1v) is 13.6. The molecular weight excluding hydrogens is 513 g/mol. The van der Waals surface area contributed by atoms with E-state index in [0.29, 0.717) is 48.5 Å². The fourth-order valence-electron chi connectivity index (χ4n) is 3.55. The molecule has 0 aliphatic carbocycles. The Hall–Kier alpha value is -2.58. The van der Waals surface area contributed by atoms with E-state index in [-0.39, 0.29) is 0 Å². The smallest absolute Gasteiger partial charge is 0.259 e. The Labute approximate surface area is 212 Å².